The van der Waals surface area contributed by atoms with E-state index < -0.39 is 11.5 Å². The van der Waals surface area contributed by atoms with E-state index in [2.05, 4.69) is 22.2 Å². The standard InChI is InChI=1S/C22H23N3O2/c1-2-3-4-7-16-9-11-17(12-10-16)24-21(26)18-13-14-20(25-22(18)27)19-8-5-6-15-23-19/h5-6,8-15H,2-4,7H2,1H3,(H,24,26)(H,25,27). The molecule has 0 spiro atoms. The van der Waals surface area contributed by atoms with Crippen LogP contribution in [0.1, 0.15) is 42.1 Å². The Labute approximate surface area is 158 Å². The van der Waals surface area contributed by atoms with Gasteiger partial charge in [0.25, 0.3) is 11.5 Å². The third-order valence-electron chi connectivity index (χ3n) is 4.38. The zero-order chi connectivity index (χ0) is 19.1. The molecule has 138 valence electrons. The molecule has 0 unspecified atom stereocenters. The fourth-order valence-electron chi connectivity index (χ4n) is 2.86. The molecule has 0 aliphatic heterocycles. The molecule has 0 atom stereocenters. The monoisotopic (exact) mass is 361 g/mol. The SMILES string of the molecule is CCCCCc1ccc(NC(=O)c2ccc(-c3ccccn3)[nH]c2=O)cc1. The molecule has 5 heteroatoms. The van der Waals surface area contributed by atoms with Crippen molar-refractivity contribution >= 4 is 11.6 Å². The molecule has 0 fully saturated rings. The Kier molecular flexibility index (Phi) is 6.15. The van der Waals surface area contributed by atoms with Gasteiger partial charge in [0, 0.05) is 11.9 Å². The highest BCUT2D eigenvalue weighted by Gasteiger charge is 2.12. The summed E-state index contributed by atoms with van der Waals surface area (Å²) in [5.41, 5.74) is 2.79. The van der Waals surface area contributed by atoms with Gasteiger partial charge in [0.15, 0.2) is 0 Å². The molecule has 2 aromatic heterocycles. The summed E-state index contributed by atoms with van der Waals surface area (Å²) < 4.78 is 0. The van der Waals surface area contributed by atoms with Crippen LogP contribution in [0.25, 0.3) is 11.4 Å². The van der Waals surface area contributed by atoms with E-state index in [4.69, 9.17) is 0 Å². The zero-order valence-corrected chi connectivity index (χ0v) is 15.4. The van der Waals surface area contributed by atoms with Crippen molar-refractivity contribution in [2.24, 2.45) is 0 Å². The number of nitrogens with one attached hydrogen (secondary N) is 2. The number of hydrogen-bond acceptors (Lipinski definition) is 3. The molecule has 0 aliphatic carbocycles. The summed E-state index contributed by atoms with van der Waals surface area (Å²) >= 11 is 0. The average Bonchev–Trinajstić information content (AvgIpc) is 2.70. The summed E-state index contributed by atoms with van der Waals surface area (Å²) in [5, 5.41) is 2.78. The molecule has 0 saturated carbocycles. The second-order valence-electron chi connectivity index (χ2n) is 6.44. The van der Waals surface area contributed by atoms with E-state index in [1.165, 1.54) is 30.9 Å². The normalized spacial score (nSPS) is 10.6. The highest BCUT2D eigenvalue weighted by atomic mass is 16.2. The summed E-state index contributed by atoms with van der Waals surface area (Å²) in [6, 6.07) is 16.4. The number of carbonyl (C=O) groups is 1. The summed E-state index contributed by atoms with van der Waals surface area (Å²) in [6.07, 6.45) is 6.27. The van der Waals surface area contributed by atoms with Crippen molar-refractivity contribution in [3.63, 3.8) is 0 Å². The molecule has 2 heterocycles. The number of pyridine rings is 2. The summed E-state index contributed by atoms with van der Waals surface area (Å²) in [6.45, 7) is 2.18. The predicted molar refractivity (Wildman–Crippen MR) is 108 cm³/mol. The number of aromatic amines is 1. The topological polar surface area (TPSA) is 74.8 Å². The Morgan fingerprint density at radius 3 is 2.52 bits per heavy atom. The number of rotatable bonds is 7. The lowest BCUT2D eigenvalue weighted by Crippen LogP contribution is -2.23. The Morgan fingerprint density at radius 2 is 1.85 bits per heavy atom. The summed E-state index contributed by atoms with van der Waals surface area (Å²) in [4.78, 5) is 31.6. The zero-order valence-electron chi connectivity index (χ0n) is 15.4. The van der Waals surface area contributed by atoms with Gasteiger partial charge in [-0.25, -0.2) is 0 Å². The van der Waals surface area contributed by atoms with E-state index >= 15 is 0 Å². The van der Waals surface area contributed by atoms with Crippen LogP contribution in [0, 0.1) is 0 Å². The fraction of sp³-hybridized carbons (Fsp3) is 0.227. The van der Waals surface area contributed by atoms with E-state index in [-0.39, 0.29) is 5.56 Å². The van der Waals surface area contributed by atoms with Crippen LogP contribution in [0.5, 0.6) is 0 Å². The molecule has 0 saturated heterocycles. The third kappa shape index (κ3) is 4.91. The van der Waals surface area contributed by atoms with Crippen molar-refractivity contribution in [1.29, 1.82) is 0 Å². The van der Waals surface area contributed by atoms with Crippen LogP contribution in [0.3, 0.4) is 0 Å². The Balaban J connectivity index is 1.68. The van der Waals surface area contributed by atoms with Gasteiger partial charge in [0.05, 0.1) is 11.4 Å². The van der Waals surface area contributed by atoms with E-state index in [1.807, 2.05) is 30.3 Å². The molecule has 3 aromatic rings. The van der Waals surface area contributed by atoms with Crippen molar-refractivity contribution in [2.45, 2.75) is 32.6 Å². The number of anilines is 1. The minimum Gasteiger partial charge on any atom is -0.322 e. The number of aryl methyl sites for hydroxylation is 1. The van der Waals surface area contributed by atoms with Crippen LogP contribution < -0.4 is 10.9 Å². The molecular weight excluding hydrogens is 338 g/mol. The highest BCUT2D eigenvalue weighted by Crippen LogP contribution is 2.14. The summed E-state index contributed by atoms with van der Waals surface area (Å²) in [5.74, 6) is -0.428. The van der Waals surface area contributed by atoms with Gasteiger partial charge in [-0.3, -0.25) is 14.6 Å². The molecule has 2 N–H and O–H groups in total. The van der Waals surface area contributed by atoms with Crippen molar-refractivity contribution in [1.82, 2.24) is 9.97 Å². The Bertz CT molecular complexity index is 947. The minimum absolute atomic E-state index is 0.0710. The van der Waals surface area contributed by atoms with Crippen LogP contribution in [0.2, 0.25) is 0 Å². The Hall–Kier alpha value is -3.21. The van der Waals surface area contributed by atoms with E-state index in [0.29, 0.717) is 17.1 Å². The predicted octanol–water partition coefficient (Wildman–Crippen LogP) is 4.42. The first kappa shape index (κ1) is 18.6. The van der Waals surface area contributed by atoms with Crippen LogP contribution in [-0.2, 0) is 6.42 Å². The molecular formula is C22H23N3O2. The summed E-state index contributed by atoms with van der Waals surface area (Å²) in [7, 11) is 0. The molecule has 0 bridgehead atoms. The number of carbonyl (C=O) groups excluding carboxylic acids is 1. The Morgan fingerprint density at radius 1 is 1.04 bits per heavy atom. The first-order chi connectivity index (χ1) is 13.2. The van der Waals surface area contributed by atoms with E-state index in [9.17, 15) is 9.59 Å². The van der Waals surface area contributed by atoms with Gasteiger partial charge < -0.3 is 10.3 Å². The van der Waals surface area contributed by atoms with Gasteiger partial charge in [-0.05, 0) is 54.8 Å². The molecule has 1 aromatic carbocycles. The van der Waals surface area contributed by atoms with E-state index in [1.54, 1.807) is 24.4 Å². The molecule has 5 nitrogen and oxygen atoms in total. The van der Waals surface area contributed by atoms with Crippen LogP contribution in [0.15, 0.2) is 65.6 Å². The maximum atomic E-state index is 12.4. The lowest BCUT2D eigenvalue weighted by molar-refractivity contribution is 0.102. The van der Waals surface area contributed by atoms with Gasteiger partial charge in [-0.2, -0.15) is 0 Å². The second-order valence-corrected chi connectivity index (χ2v) is 6.44. The third-order valence-corrected chi connectivity index (χ3v) is 4.38. The number of amides is 1. The number of nitrogens with zero attached hydrogens (tertiary/aromatic N) is 1. The second kappa shape index (κ2) is 8.94. The van der Waals surface area contributed by atoms with Gasteiger partial charge in [0.2, 0.25) is 0 Å². The van der Waals surface area contributed by atoms with Gasteiger partial charge in [-0.1, -0.05) is 38.0 Å². The van der Waals surface area contributed by atoms with Crippen LogP contribution >= 0.6 is 0 Å². The molecule has 1 amide bonds. The van der Waals surface area contributed by atoms with Crippen LogP contribution in [0.4, 0.5) is 5.69 Å². The van der Waals surface area contributed by atoms with Crippen molar-refractivity contribution in [3.05, 3.63) is 82.3 Å². The lowest BCUT2D eigenvalue weighted by Gasteiger charge is -2.07. The number of H-pyrrole nitrogens is 1. The number of unbranched alkanes of at least 4 members (excludes halogenated alkanes) is 2. The minimum atomic E-state index is -0.438. The fourth-order valence-corrected chi connectivity index (χ4v) is 2.86. The van der Waals surface area contributed by atoms with Gasteiger partial charge in [0.1, 0.15) is 5.56 Å². The quantitative estimate of drug-likeness (QED) is 0.612. The maximum Gasteiger partial charge on any atom is 0.261 e. The first-order valence-corrected chi connectivity index (χ1v) is 9.22. The lowest BCUT2D eigenvalue weighted by atomic mass is 10.1. The molecule has 0 aliphatic rings. The number of hydrogen-bond donors (Lipinski definition) is 2. The average molecular weight is 361 g/mol. The molecule has 27 heavy (non-hydrogen) atoms. The smallest absolute Gasteiger partial charge is 0.261 e. The van der Waals surface area contributed by atoms with Crippen molar-refractivity contribution in [2.75, 3.05) is 5.32 Å². The van der Waals surface area contributed by atoms with Crippen LogP contribution in [-0.4, -0.2) is 15.9 Å². The van der Waals surface area contributed by atoms with Gasteiger partial charge >= 0.3 is 0 Å². The van der Waals surface area contributed by atoms with Gasteiger partial charge in [-0.15, -0.1) is 0 Å². The first-order valence-electron chi connectivity index (χ1n) is 9.22. The van der Waals surface area contributed by atoms with Crippen molar-refractivity contribution in [3.8, 4) is 11.4 Å². The highest BCUT2D eigenvalue weighted by molar-refractivity contribution is 6.04. The number of benzene rings is 1. The maximum absolute atomic E-state index is 12.4. The van der Waals surface area contributed by atoms with E-state index in [0.717, 1.165) is 6.42 Å². The van der Waals surface area contributed by atoms with Crippen molar-refractivity contribution < 1.29 is 4.79 Å². The number of aromatic nitrogens is 2. The molecule has 3 rings (SSSR count). The molecule has 0 radical (unpaired) electrons. The largest absolute Gasteiger partial charge is 0.322 e.